The van der Waals surface area contributed by atoms with Crippen molar-refractivity contribution in [1.29, 1.82) is 0 Å². The van der Waals surface area contributed by atoms with Gasteiger partial charge in [0.1, 0.15) is 0 Å². The van der Waals surface area contributed by atoms with Gasteiger partial charge in [0.15, 0.2) is 0 Å². The molecule has 0 spiro atoms. The van der Waals surface area contributed by atoms with Crippen LogP contribution < -0.4 is 15.8 Å². The lowest BCUT2D eigenvalue weighted by atomic mass is 10.2. The molecule has 0 radical (unpaired) electrons. The van der Waals surface area contributed by atoms with Gasteiger partial charge in [-0.25, -0.2) is 0 Å². The second kappa shape index (κ2) is 4.45. The minimum Gasteiger partial charge on any atom is -0.326 e. The fourth-order valence-electron chi connectivity index (χ4n) is 1.77. The van der Waals surface area contributed by atoms with Crippen LogP contribution in [0, 0.1) is 5.92 Å². The maximum Gasteiger partial charge on any atom is 0.243 e. The van der Waals surface area contributed by atoms with Crippen molar-refractivity contribution < 1.29 is 9.59 Å². The number of carbonyl (C=O) groups excluding carboxylic acids is 2. The Balaban J connectivity index is 2.16. The van der Waals surface area contributed by atoms with Crippen LogP contribution in [0.2, 0.25) is 0 Å². The van der Waals surface area contributed by atoms with Crippen LogP contribution >= 0.6 is 0 Å². The third-order valence-electron chi connectivity index (χ3n) is 2.63. The summed E-state index contributed by atoms with van der Waals surface area (Å²) in [7, 11) is 0. The Morgan fingerprint density at radius 2 is 2.29 bits per heavy atom. The number of hydrogen-bond donors (Lipinski definition) is 2. The number of amides is 2. The standard InChI is InChI=1S/C12H15N3O2/c1-8-7-15(14-12(8)17)11-5-3-4-10(6-11)13-9(2)16/h3-6,8H,7H2,1-2H3,(H,13,16)(H,14,17). The van der Waals surface area contributed by atoms with Crippen molar-refractivity contribution >= 4 is 23.2 Å². The number of hydrogen-bond acceptors (Lipinski definition) is 3. The third-order valence-corrected chi connectivity index (χ3v) is 2.63. The number of nitrogens with one attached hydrogen (secondary N) is 2. The molecular formula is C12H15N3O2. The molecule has 1 fully saturated rings. The average molecular weight is 233 g/mol. The first-order valence-corrected chi connectivity index (χ1v) is 5.52. The second-order valence-corrected chi connectivity index (χ2v) is 4.22. The van der Waals surface area contributed by atoms with Crippen LogP contribution in [0.1, 0.15) is 13.8 Å². The molecule has 1 unspecified atom stereocenters. The van der Waals surface area contributed by atoms with Crippen LogP contribution in [0.25, 0.3) is 0 Å². The van der Waals surface area contributed by atoms with Crippen molar-refractivity contribution in [2.75, 3.05) is 16.9 Å². The van der Waals surface area contributed by atoms with Crippen LogP contribution in [-0.2, 0) is 9.59 Å². The summed E-state index contributed by atoms with van der Waals surface area (Å²) >= 11 is 0. The minimum absolute atomic E-state index is 0.0144. The van der Waals surface area contributed by atoms with Gasteiger partial charge in [0.25, 0.3) is 0 Å². The lowest BCUT2D eigenvalue weighted by Gasteiger charge is -2.18. The topological polar surface area (TPSA) is 61.4 Å². The molecule has 0 bridgehead atoms. The van der Waals surface area contributed by atoms with E-state index in [0.29, 0.717) is 6.54 Å². The van der Waals surface area contributed by atoms with Crippen molar-refractivity contribution in [3.63, 3.8) is 0 Å². The normalized spacial score (nSPS) is 19.1. The first-order valence-electron chi connectivity index (χ1n) is 5.52. The third kappa shape index (κ3) is 2.55. The van der Waals surface area contributed by atoms with Crippen LogP contribution in [0.3, 0.4) is 0 Å². The molecule has 17 heavy (non-hydrogen) atoms. The first-order chi connectivity index (χ1) is 8.06. The highest BCUT2D eigenvalue weighted by Gasteiger charge is 2.26. The van der Waals surface area contributed by atoms with Crippen molar-refractivity contribution in [2.45, 2.75) is 13.8 Å². The van der Waals surface area contributed by atoms with E-state index in [1.54, 1.807) is 5.01 Å². The summed E-state index contributed by atoms with van der Waals surface area (Å²) in [6.07, 6.45) is 0. The van der Waals surface area contributed by atoms with E-state index >= 15 is 0 Å². The summed E-state index contributed by atoms with van der Waals surface area (Å²) in [5.74, 6) is -0.102. The predicted molar refractivity (Wildman–Crippen MR) is 65.4 cm³/mol. The molecule has 0 saturated carbocycles. The van der Waals surface area contributed by atoms with E-state index in [4.69, 9.17) is 0 Å². The monoisotopic (exact) mass is 233 g/mol. The van der Waals surface area contributed by atoms with E-state index in [2.05, 4.69) is 10.7 Å². The molecule has 1 aromatic carbocycles. The largest absolute Gasteiger partial charge is 0.326 e. The van der Waals surface area contributed by atoms with Crippen LogP contribution in [0.4, 0.5) is 11.4 Å². The fourth-order valence-corrected chi connectivity index (χ4v) is 1.77. The van der Waals surface area contributed by atoms with E-state index < -0.39 is 0 Å². The van der Waals surface area contributed by atoms with Gasteiger partial charge in [-0.3, -0.25) is 20.0 Å². The highest BCUT2D eigenvalue weighted by atomic mass is 16.2. The zero-order valence-electron chi connectivity index (χ0n) is 9.86. The summed E-state index contributed by atoms with van der Waals surface area (Å²) in [6.45, 7) is 3.99. The van der Waals surface area contributed by atoms with E-state index in [1.807, 2.05) is 31.2 Å². The van der Waals surface area contributed by atoms with E-state index in [-0.39, 0.29) is 17.7 Å². The van der Waals surface area contributed by atoms with E-state index in [1.165, 1.54) is 6.92 Å². The lowest BCUT2D eigenvalue weighted by molar-refractivity contribution is -0.121. The van der Waals surface area contributed by atoms with Gasteiger partial charge in [-0.1, -0.05) is 13.0 Å². The Hall–Kier alpha value is -2.04. The van der Waals surface area contributed by atoms with Crippen molar-refractivity contribution in [3.05, 3.63) is 24.3 Å². The Labute approximate surface area is 99.8 Å². The van der Waals surface area contributed by atoms with Gasteiger partial charge >= 0.3 is 0 Å². The van der Waals surface area contributed by atoms with Gasteiger partial charge in [-0.15, -0.1) is 0 Å². The highest BCUT2D eigenvalue weighted by Crippen LogP contribution is 2.21. The number of carbonyl (C=O) groups is 2. The Bertz CT molecular complexity index is 459. The van der Waals surface area contributed by atoms with Gasteiger partial charge in [-0.05, 0) is 18.2 Å². The maximum absolute atomic E-state index is 11.4. The van der Waals surface area contributed by atoms with Gasteiger partial charge in [-0.2, -0.15) is 0 Å². The number of rotatable bonds is 2. The lowest BCUT2D eigenvalue weighted by Crippen LogP contribution is -2.32. The van der Waals surface area contributed by atoms with Crippen LogP contribution in [-0.4, -0.2) is 18.4 Å². The smallest absolute Gasteiger partial charge is 0.243 e. The summed E-state index contributed by atoms with van der Waals surface area (Å²) < 4.78 is 0. The molecule has 1 aromatic rings. The van der Waals surface area contributed by atoms with Gasteiger partial charge in [0.2, 0.25) is 11.8 Å². The Morgan fingerprint density at radius 3 is 2.88 bits per heavy atom. The molecule has 2 N–H and O–H groups in total. The molecule has 1 saturated heterocycles. The molecule has 2 rings (SSSR count). The van der Waals surface area contributed by atoms with E-state index in [9.17, 15) is 9.59 Å². The van der Waals surface area contributed by atoms with Gasteiger partial charge in [0, 0.05) is 12.6 Å². The van der Waals surface area contributed by atoms with Crippen molar-refractivity contribution in [1.82, 2.24) is 5.43 Å². The molecule has 1 atom stereocenters. The quantitative estimate of drug-likeness (QED) is 0.805. The van der Waals surface area contributed by atoms with Gasteiger partial charge < -0.3 is 5.32 Å². The summed E-state index contributed by atoms with van der Waals surface area (Å²) in [5.41, 5.74) is 4.38. The minimum atomic E-state index is -0.110. The van der Waals surface area contributed by atoms with E-state index in [0.717, 1.165) is 11.4 Å². The average Bonchev–Trinajstić information content (AvgIpc) is 2.59. The van der Waals surface area contributed by atoms with Gasteiger partial charge in [0.05, 0.1) is 18.2 Å². The number of hydrazine groups is 1. The van der Waals surface area contributed by atoms with Crippen LogP contribution in [0.15, 0.2) is 24.3 Å². The summed E-state index contributed by atoms with van der Waals surface area (Å²) in [4.78, 5) is 22.4. The first kappa shape index (κ1) is 11.4. The molecule has 1 aliphatic heterocycles. The zero-order chi connectivity index (χ0) is 12.4. The number of nitrogens with zero attached hydrogens (tertiary/aromatic N) is 1. The second-order valence-electron chi connectivity index (χ2n) is 4.22. The summed E-state index contributed by atoms with van der Waals surface area (Å²) in [6, 6.07) is 7.38. The van der Waals surface area contributed by atoms with Crippen molar-refractivity contribution in [3.8, 4) is 0 Å². The molecule has 5 nitrogen and oxygen atoms in total. The maximum atomic E-state index is 11.4. The predicted octanol–water partition coefficient (Wildman–Crippen LogP) is 1.13. The molecule has 0 aromatic heterocycles. The Morgan fingerprint density at radius 1 is 1.53 bits per heavy atom. The fraction of sp³-hybridized carbons (Fsp3) is 0.333. The molecule has 0 aliphatic carbocycles. The molecular weight excluding hydrogens is 218 g/mol. The van der Waals surface area contributed by atoms with Crippen LogP contribution in [0.5, 0.6) is 0 Å². The molecule has 1 aliphatic rings. The molecule has 2 amide bonds. The SMILES string of the molecule is CC(=O)Nc1cccc(N2CC(C)C(=O)N2)c1. The highest BCUT2D eigenvalue weighted by molar-refractivity contribution is 5.89. The number of anilines is 2. The zero-order valence-corrected chi connectivity index (χ0v) is 9.86. The van der Waals surface area contributed by atoms with Crippen molar-refractivity contribution in [2.24, 2.45) is 5.92 Å². The molecule has 90 valence electrons. The number of benzene rings is 1. The molecule has 1 heterocycles. The Kier molecular flexibility index (Phi) is 2.99. The summed E-state index contributed by atoms with van der Waals surface area (Å²) in [5, 5.41) is 4.50. The molecule has 5 heteroatoms.